The van der Waals surface area contributed by atoms with E-state index < -0.39 is 18.6 Å². The molecule has 0 unspecified atom stereocenters. The maximum Gasteiger partial charge on any atom is 0.391 e. The van der Waals surface area contributed by atoms with Crippen LogP contribution in [0.4, 0.5) is 13.2 Å². The van der Waals surface area contributed by atoms with E-state index in [-0.39, 0.29) is 24.8 Å². The number of nitrogens with one attached hydrogen (secondary N) is 1. The van der Waals surface area contributed by atoms with E-state index in [1.165, 1.54) is 6.26 Å². The first-order valence-corrected chi connectivity index (χ1v) is 5.61. The molecule has 8 heteroatoms. The fourth-order valence-corrected chi connectivity index (χ4v) is 2.10. The minimum absolute atomic E-state index is 0. The molecular weight excluding hydrogens is 304 g/mol. The van der Waals surface area contributed by atoms with Crippen LogP contribution in [0.15, 0.2) is 22.8 Å². The molecule has 0 amide bonds. The zero-order valence-corrected chi connectivity index (χ0v) is 11.8. The van der Waals surface area contributed by atoms with Crippen molar-refractivity contribution in [3.8, 4) is 0 Å². The van der Waals surface area contributed by atoms with Crippen molar-refractivity contribution in [3.63, 3.8) is 0 Å². The van der Waals surface area contributed by atoms with E-state index in [1.807, 2.05) is 4.90 Å². The Morgan fingerprint density at radius 2 is 1.89 bits per heavy atom. The van der Waals surface area contributed by atoms with Crippen LogP contribution < -0.4 is 5.32 Å². The summed E-state index contributed by atoms with van der Waals surface area (Å²) < 4.78 is 42.8. The molecule has 19 heavy (non-hydrogen) atoms. The molecule has 1 saturated heterocycles. The second-order valence-corrected chi connectivity index (χ2v) is 4.14. The molecule has 0 aliphatic carbocycles. The molecule has 1 atom stereocenters. The molecule has 0 saturated carbocycles. The first kappa shape index (κ1) is 18.6. The molecule has 1 fully saturated rings. The highest BCUT2D eigenvalue weighted by Gasteiger charge is 2.37. The van der Waals surface area contributed by atoms with Gasteiger partial charge in [-0.15, -0.1) is 24.8 Å². The summed E-state index contributed by atoms with van der Waals surface area (Å²) in [5, 5.41) is 3.12. The van der Waals surface area contributed by atoms with Gasteiger partial charge in [0.15, 0.2) is 0 Å². The fraction of sp³-hybridized carbons (Fsp3) is 0.636. The number of hydrogen-bond acceptors (Lipinski definition) is 3. The maximum atomic E-state index is 12.6. The molecule has 1 aromatic heterocycles. The molecule has 1 aliphatic rings. The molecule has 0 bridgehead atoms. The lowest BCUT2D eigenvalue weighted by molar-refractivity contribution is -0.150. The highest BCUT2D eigenvalue weighted by atomic mass is 35.5. The SMILES string of the molecule is Cl.Cl.FC(F)(F)C[C@@H](c1ccco1)N1CCNCC1. The average Bonchev–Trinajstić information content (AvgIpc) is 2.79. The predicted octanol–water partition coefficient (Wildman–Crippen LogP) is 3.02. The Morgan fingerprint density at radius 1 is 1.26 bits per heavy atom. The zero-order valence-electron chi connectivity index (χ0n) is 10.2. The molecule has 2 heterocycles. The molecule has 0 aromatic carbocycles. The summed E-state index contributed by atoms with van der Waals surface area (Å²) in [5.74, 6) is 0.393. The Labute approximate surface area is 122 Å². The predicted molar refractivity (Wildman–Crippen MR) is 71.1 cm³/mol. The van der Waals surface area contributed by atoms with Gasteiger partial charge in [-0.2, -0.15) is 13.2 Å². The maximum absolute atomic E-state index is 12.6. The average molecular weight is 321 g/mol. The van der Waals surface area contributed by atoms with Gasteiger partial charge in [-0.3, -0.25) is 4.90 Å². The third-order valence-corrected chi connectivity index (χ3v) is 2.89. The van der Waals surface area contributed by atoms with Gasteiger partial charge in [0.1, 0.15) is 5.76 Å². The lowest BCUT2D eigenvalue weighted by Crippen LogP contribution is -2.46. The Kier molecular flexibility index (Phi) is 7.81. The lowest BCUT2D eigenvalue weighted by atomic mass is 10.1. The van der Waals surface area contributed by atoms with Gasteiger partial charge in [-0.1, -0.05) is 0 Å². The summed E-state index contributed by atoms with van der Waals surface area (Å²) in [4.78, 5) is 1.82. The van der Waals surface area contributed by atoms with Crippen LogP contribution >= 0.6 is 24.8 Å². The number of hydrogen-bond donors (Lipinski definition) is 1. The van der Waals surface area contributed by atoms with Crippen molar-refractivity contribution in [2.24, 2.45) is 0 Å². The standard InChI is InChI=1S/C11H15F3N2O.2ClH/c12-11(13,14)8-9(10-2-1-7-17-10)16-5-3-15-4-6-16;;/h1-2,7,9,15H,3-6,8H2;2*1H/t9-;;/m0../s1. The summed E-state index contributed by atoms with van der Waals surface area (Å²) in [6.07, 6.45) is -3.62. The van der Waals surface area contributed by atoms with Crippen LogP contribution in [0.1, 0.15) is 18.2 Å². The van der Waals surface area contributed by atoms with Crippen molar-refractivity contribution in [2.45, 2.75) is 18.6 Å². The monoisotopic (exact) mass is 320 g/mol. The highest BCUT2D eigenvalue weighted by molar-refractivity contribution is 5.85. The van der Waals surface area contributed by atoms with Gasteiger partial charge in [0.25, 0.3) is 0 Å². The van der Waals surface area contributed by atoms with Crippen molar-refractivity contribution >= 4 is 24.8 Å². The van der Waals surface area contributed by atoms with Crippen molar-refractivity contribution in [1.29, 1.82) is 0 Å². The number of halogens is 5. The van der Waals surface area contributed by atoms with Gasteiger partial charge in [0.2, 0.25) is 0 Å². The minimum Gasteiger partial charge on any atom is -0.468 e. The molecule has 2 rings (SSSR count). The molecule has 1 N–H and O–H groups in total. The van der Waals surface area contributed by atoms with Crippen LogP contribution in [-0.4, -0.2) is 37.3 Å². The third kappa shape index (κ3) is 5.60. The molecule has 3 nitrogen and oxygen atoms in total. The van der Waals surface area contributed by atoms with E-state index in [9.17, 15) is 13.2 Å². The van der Waals surface area contributed by atoms with E-state index >= 15 is 0 Å². The quantitative estimate of drug-likeness (QED) is 0.928. The van der Waals surface area contributed by atoms with Crippen LogP contribution in [0.25, 0.3) is 0 Å². The number of furan rings is 1. The Hall–Kier alpha value is -0.430. The van der Waals surface area contributed by atoms with Crippen LogP contribution in [0, 0.1) is 0 Å². The number of piperazine rings is 1. The van der Waals surface area contributed by atoms with Gasteiger partial charge >= 0.3 is 6.18 Å². The van der Waals surface area contributed by atoms with Crippen LogP contribution in [0.2, 0.25) is 0 Å². The summed E-state index contributed by atoms with van der Waals surface area (Å²) >= 11 is 0. The topological polar surface area (TPSA) is 28.4 Å². The summed E-state index contributed by atoms with van der Waals surface area (Å²) in [6, 6.07) is 2.53. The van der Waals surface area contributed by atoms with Crippen LogP contribution in [0.5, 0.6) is 0 Å². The van der Waals surface area contributed by atoms with E-state index in [4.69, 9.17) is 4.42 Å². The Balaban J connectivity index is 0.00000162. The fourth-order valence-electron chi connectivity index (χ4n) is 2.10. The Morgan fingerprint density at radius 3 is 2.37 bits per heavy atom. The highest BCUT2D eigenvalue weighted by Crippen LogP contribution is 2.34. The zero-order chi connectivity index (χ0) is 12.3. The normalized spacial score (nSPS) is 18.3. The van der Waals surface area contributed by atoms with E-state index in [0.29, 0.717) is 18.8 Å². The van der Waals surface area contributed by atoms with Gasteiger partial charge in [0, 0.05) is 26.2 Å². The molecule has 1 aromatic rings. The van der Waals surface area contributed by atoms with Gasteiger partial charge in [-0.25, -0.2) is 0 Å². The van der Waals surface area contributed by atoms with Gasteiger partial charge in [0.05, 0.1) is 18.7 Å². The number of alkyl halides is 3. The van der Waals surface area contributed by atoms with E-state index in [0.717, 1.165) is 13.1 Å². The van der Waals surface area contributed by atoms with Crippen molar-refractivity contribution in [1.82, 2.24) is 10.2 Å². The first-order valence-electron chi connectivity index (χ1n) is 5.61. The smallest absolute Gasteiger partial charge is 0.391 e. The summed E-state index contributed by atoms with van der Waals surface area (Å²) in [7, 11) is 0. The molecule has 0 spiro atoms. The van der Waals surface area contributed by atoms with Crippen molar-refractivity contribution in [2.75, 3.05) is 26.2 Å². The van der Waals surface area contributed by atoms with E-state index in [1.54, 1.807) is 12.1 Å². The van der Waals surface area contributed by atoms with Crippen LogP contribution in [0.3, 0.4) is 0 Å². The summed E-state index contributed by atoms with van der Waals surface area (Å²) in [5.41, 5.74) is 0. The van der Waals surface area contributed by atoms with Crippen molar-refractivity contribution in [3.05, 3.63) is 24.2 Å². The first-order chi connectivity index (χ1) is 8.06. The molecular formula is C11H17Cl2F3N2O. The second kappa shape index (κ2) is 7.99. The lowest BCUT2D eigenvalue weighted by Gasteiger charge is -2.34. The largest absolute Gasteiger partial charge is 0.468 e. The van der Waals surface area contributed by atoms with Gasteiger partial charge in [-0.05, 0) is 12.1 Å². The Bertz CT molecular complexity index is 340. The molecule has 0 radical (unpaired) electrons. The van der Waals surface area contributed by atoms with Crippen molar-refractivity contribution < 1.29 is 17.6 Å². The van der Waals surface area contributed by atoms with E-state index in [2.05, 4.69) is 5.32 Å². The third-order valence-electron chi connectivity index (χ3n) is 2.89. The number of rotatable bonds is 3. The van der Waals surface area contributed by atoms with Gasteiger partial charge < -0.3 is 9.73 Å². The molecule has 112 valence electrons. The second-order valence-electron chi connectivity index (χ2n) is 4.14. The molecule has 1 aliphatic heterocycles. The summed E-state index contributed by atoms with van der Waals surface area (Å²) in [6.45, 7) is 2.66. The number of nitrogens with zero attached hydrogens (tertiary/aromatic N) is 1. The minimum atomic E-state index is -4.18. The van der Waals surface area contributed by atoms with Crippen LogP contribution in [-0.2, 0) is 0 Å².